The van der Waals surface area contributed by atoms with Crippen LogP contribution in [0.25, 0.3) is 10.7 Å². The lowest BCUT2D eigenvalue weighted by atomic mass is 10.5. The van der Waals surface area contributed by atoms with Gasteiger partial charge in [0.2, 0.25) is 0 Å². The van der Waals surface area contributed by atoms with Gasteiger partial charge < -0.3 is 0 Å². The molecule has 1 N–H and O–H groups in total. The zero-order chi connectivity index (χ0) is 10.7. The second kappa shape index (κ2) is 4.54. The number of H-pyrrole nitrogens is 1. The van der Waals surface area contributed by atoms with Crippen molar-refractivity contribution in [3.63, 3.8) is 0 Å². The van der Waals surface area contributed by atoms with Gasteiger partial charge in [-0.25, -0.2) is 4.98 Å². The minimum absolute atomic E-state index is 0.240. The van der Waals surface area contributed by atoms with Crippen molar-refractivity contribution in [1.82, 2.24) is 20.2 Å². The first-order valence-corrected chi connectivity index (χ1v) is 6.17. The van der Waals surface area contributed by atoms with Gasteiger partial charge in [-0.2, -0.15) is 0 Å². The second-order valence-corrected chi connectivity index (χ2v) is 4.73. The van der Waals surface area contributed by atoms with Gasteiger partial charge in [0.1, 0.15) is 5.01 Å². The number of aromatic amines is 1. The molecule has 15 heavy (non-hydrogen) atoms. The molecular formula is C8H8N4OS2. The molecule has 0 atom stereocenters. The van der Waals surface area contributed by atoms with Crippen LogP contribution in [0, 0.1) is 0 Å². The van der Waals surface area contributed by atoms with Crippen molar-refractivity contribution in [2.45, 2.75) is 12.1 Å². The van der Waals surface area contributed by atoms with E-state index in [1.165, 1.54) is 23.1 Å². The van der Waals surface area contributed by atoms with E-state index in [4.69, 9.17) is 0 Å². The lowest BCUT2D eigenvalue weighted by molar-refractivity contribution is 0.824. The fraction of sp³-hybridized carbons (Fsp3) is 0.250. The third kappa shape index (κ3) is 2.24. The monoisotopic (exact) mass is 240 g/mol. The third-order valence-electron chi connectivity index (χ3n) is 1.59. The maximum atomic E-state index is 11.6. The molecule has 2 aromatic heterocycles. The van der Waals surface area contributed by atoms with Crippen molar-refractivity contribution in [3.05, 3.63) is 21.9 Å². The molecule has 0 aromatic carbocycles. The Morgan fingerprint density at radius 3 is 3.00 bits per heavy atom. The van der Waals surface area contributed by atoms with E-state index >= 15 is 0 Å². The highest BCUT2D eigenvalue weighted by molar-refractivity contribution is 7.99. The summed E-state index contributed by atoms with van der Waals surface area (Å²) in [5.41, 5.74) is 0.0429. The largest absolute Gasteiger partial charge is 0.298 e. The van der Waals surface area contributed by atoms with Crippen LogP contribution in [-0.4, -0.2) is 25.9 Å². The summed E-state index contributed by atoms with van der Waals surface area (Å²) in [6, 6.07) is 0. The molecule has 0 saturated heterocycles. The second-order valence-electron chi connectivity index (χ2n) is 2.58. The van der Waals surface area contributed by atoms with E-state index in [2.05, 4.69) is 20.2 Å². The Morgan fingerprint density at radius 2 is 2.40 bits per heavy atom. The van der Waals surface area contributed by atoms with E-state index in [0.29, 0.717) is 10.2 Å². The van der Waals surface area contributed by atoms with Crippen LogP contribution in [-0.2, 0) is 0 Å². The van der Waals surface area contributed by atoms with Crippen LogP contribution in [0.1, 0.15) is 6.92 Å². The highest BCUT2D eigenvalue weighted by Crippen LogP contribution is 2.15. The summed E-state index contributed by atoms with van der Waals surface area (Å²) in [4.78, 5) is 18.3. The summed E-state index contributed by atoms with van der Waals surface area (Å²) in [6.45, 7) is 1.99. The molecule has 78 valence electrons. The van der Waals surface area contributed by atoms with Gasteiger partial charge in [-0.05, 0) is 5.75 Å². The van der Waals surface area contributed by atoms with Crippen molar-refractivity contribution < 1.29 is 0 Å². The molecule has 2 rings (SSSR count). The van der Waals surface area contributed by atoms with Gasteiger partial charge in [0.15, 0.2) is 10.9 Å². The molecule has 0 saturated carbocycles. The summed E-state index contributed by atoms with van der Waals surface area (Å²) < 4.78 is 0. The molecular weight excluding hydrogens is 232 g/mol. The van der Waals surface area contributed by atoms with Crippen molar-refractivity contribution in [2.24, 2.45) is 0 Å². The van der Waals surface area contributed by atoms with Crippen LogP contribution in [0.2, 0.25) is 0 Å². The standard InChI is InChI=1S/C8H8N4OS2/c1-2-14-8-10-6(13)5(11-12-8)7-9-3-4-15-7/h3-4H,2H2,1H3,(H,10,12,13). The van der Waals surface area contributed by atoms with Gasteiger partial charge in [0.25, 0.3) is 5.56 Å². The molecule has 7 heteroatoms. The summed E-state index contributed by atoms with van der Waals surface area (Å²) >= 11 is 2.82. The molecule has 5 nitrogen and oxygen atoms in total. The first kappa shape index (κ1) is 10.3. The molecule has 0 bridgehead atoms. The summed E-state index contributed by atoms with van der Waals surface area (Å²) in [7, 11) is 0. The van der Waals surface area contributed by atoms with Gasteiger partial charge in [0.05, 0.1) is 0 Å². The lowest BCUT2D eigenvalue weighted by Gasteiger charge is -1.97. The van der Waals surface area contributed by atoms with Crippen molar-refractivity contribution >= 4 is 23.1 Å². The fourth-order valence-electron chi connectivity index (χ4n) is 1.00. The molecule has 0 spiro atoms. The fourth-order valence-corrected chi connectivity index (χ4v) is 2.16. The number of nitrogens with one attached hydrogen (secondary N) is 1. The van der Waals surface area contributed by atoms with Crippen LogP contribution in [0.15, 0.2) is 21.5 Å². The highest BCUT2D eigenvalue weighted by Gasteiger charge is 2.09. The smallest absolute Gasteiger partial charge is 0.280 e. The Kier molecular flexibility index (Phi) is 3.12. The Labute approximate surface area is 94.0 Å². The number of thiazole rings is 1. The number of hydrogen-bond donors (Lipinski definition) is 1. The molecule has 2 aromatic rings. The molecule has 0 unspecified atom stereocenters. The van der Waals surface area contributed by atoms with E-state index in [-0.39, 0.29) is 11.3 Å². The number of hydrogen-bond acceptors (Lipinski definition) is 6. The average molecular weight is 240 g/mol. The van der Waals surface area contributed by atoms with Crippen LogP contribution >= 0.6 is 23.1 Å². The Bertz CT molecular complexity index is 494. The van der Waals surface area contributed by atoms with Gasteiger partial charge in [-0.3, -0.25) is 9.78 Å². The van der Waals surface area contributed by atoms with E-state index in [1.54, 1.807) is 11.6 Å². The van der Waals surface area contributed by atoms with E-state index < -0.39 is 0 Å². The summed E-state index contributed by atoms with van der Waals surface area (Å²) in [5.74, 6) is 0.848. The molecule has 0 aliphatic heterocycles. The van der Waals surface area contributed by atoms with Gasteiger partial charge in [-0.15, -0.1) is 21.5 Å². The Balaban J connectivity index is 2.40. The van der Waals surface area contributed by atoms with Gasteiger partial charge >= 0.3 is 0 Å². The third-order valence-corrected chi connectivity index (χ3v) is 3.12. The topological polar surface area (TPSA) is 71.5 Å². The maximum absolute atomic E-state index is 11.6. The van der Waals surface area contributed by atoms with Crippen LogP contribution < -0.4 is 5.56 Å². The molecule has 0 aliphatic carbocycles. The highest BCUT2D eigenvalue weighted by atomic mass is 32.2. The van der Waals surface area contributed by atoms with Crippen molar-refractivity contribution in [3.8, 4) is 10.7 Å². The minimum Gasteiger partial charge on any atom is -0.298 e. The quantitative estimate of drug-likeness (QED) is 0.821. The number of thioether (sulfide) groups is 1. The predicted octanol–water partition coefficient (Wildman–Crippen LogP) is 1.40. The first-order chi connectivity index (χ1) is 7.31. The Hall–Kier alpha value is -1.21. The van der Waals surface area contributed by atoms with Gasteiger partial charge in [0, 0.05) is 11.6 Å². The van der Waals surface area contributed by atoms with Crippen LogP contribution in [0.5, 0.6) is 0 Å². The van der Waals surface area contributed by atoms with Crippen molar-refractivity contribution in [1.29, 1.82) is 0 Å². The number of nitrogens with zero attached hydrogens (tertiary/aromatic N) is 3. The van der Waals surface area contributed by atoms with E-state index in [1.807, 2.05) is 6.92 Å². The maximum Gasteiger partial charge on any atom is 0.280 e. The lowest BCUT2D eigenvalue weighted by Crippen LogP contribution is -2.13. The zero-order valence-corrected chi connectivity index (χ0v) is 9.56. The summed E-state index contributed by atoms with van der Waals surface area (Å²) in [5, 5.41) is 10.7. The Morgan fingerprint density at radius 1 is 1.53 bits per heavy atom. The number of aromatic nitrogens is 4. The molecule has 0 radical (unpaired) electrons. The molecule has 0 aliphatic rings. The first-order valence-electron chi connectivity index (χ1n) is 4.31. The average Bonchev–Trinajstić information content (AvgIpc) is 2.71. The van der Waals surface area contributed by atoms with Crippen LogP contribution in [0.3, 0.4) is 0 Å². The molecule has 2 heterocycles. The van der Waals surface area contributed by atoms with E-state index in [9.17, 15) is 4.79 Å². The molecule has 0 amide bonds. The SMILES string of the molecule is CCSc1nnc(-c2nccs2)c(=O)[nH]1. The minimum atomic E-state index is -0.240. The predicted molar refractivity (Wildman–Crippen MR) is 60.2 cm³/mol. The van der Waals surface area contributed by atoms with Crippen molar-refractivity contribution in [2.75, 3.05) is 5.75 Å². The van der Waals surface area contributed by atoms with Crippen LogP contribution in [0.4, 0.5) is 0 Å². The van der Waals surface area contributed by atoms with Gasteiger partial charge in [-0.1, -0.05) is 18.7 Å². The molecule has 0 fully saturated rings. The zero-order valence-electron chi connectivity index (χ0n) is 7.93. The summed E-state index contributed by atoms with van der Waals surface area (Å²) in [6.07, 6.45) is 1.63. The number of rotatable bonds is 3. The normalized spacial score (nSPS) is 10.5. The van der Waals surface area contributed by atoms with E-state index in [0.717, 1.165) is 5.75 Å².